The highest BCUT2D eigenvalue weighted by Crippen LogP contribution is 2.31. The van der Waals surface area contributed by atoms with E-state index in [2.05, 4.69) is 11.6 Å². The fraction of sp³-hybridized carbons (Fsp3) is 0.364. The number of carbonyl (C=O) groups excluding carboxylic acids is 1. The van der Waals surface area contributed by atoms with Gasteiger partial charge in [0.2, 0.25) is 5.89 Å². The van der Waals surface area contributed by atoms with Crippen molar-refractivity contribution in [3.63, 3.8) is 0 Å². The van der Waals surface area contributed by atoms with Crippen LogP contribution in [0.15, 0.2) is 64.8 Å². The van der Waals surface area contributed by atoms with Crippen molar-refractivity contribution in [1.82, 2.24) is 14.4 Å². The molecule has 2 heterocycles. The van der Waals surface area contributed by atoms with Crippen LogP contribution in [0, 0.1) is 10.1 Å². The Morgan fingerprint density at radius 1 is 1.40 bits per heavy atom. The highest BCUT2D eigenvalue weighted by atomic mass is 32.2. The fourth-order valence-corrected chi connectivity index (χ4v) is 4.88. The van der Waals surface area contributed by atoms with E-state index in [-0.39, 0.29) is 25.6 Å². The van der Waals surface area contributed by atoms with Crippen molar-refractivity contribution >= 4 is 27.4 Å². The van der Waals surface area contributed by atoms with Crippen LogP contribution in [-0.4, -0.2) is 65.1 Å². The molecule has 1 aromatic carbocycles. The molecule has 0 radical (unpaired) electrons. The molecule has 0 spiro atoms. The van der Waals surface area contributed by atoms with Crippen molar-refractivity contribution in [2.24, 2.45) is 0 Å². The van der Waals surface area contributed by atoms with Gasteiger partial charge in [0.1, 0.15) is 11.9 Å². The lowest BCUT2D eigenvalue weighted by Gasteiger charge is -2.36. The highest BCUT2D eigenvalue weighted by molar-refractivity contribution is 7.89. The highest BCUT2D eigenvalue weighted by Gasteiger charge is 2.40. The summed E-state index contributed by atoms with van der Waals surface area (Å²) in [6.07, 6.45) is 4.92. The van der Waals surface area contributed by atoms with E-state index in [4.69, 9.17) is 14.0 Å². The molecular formula is C22H26N4O8S. The van der Waals surface area contributed by atoms with E-state index >= 15 is 0 Å². The molecule has 13 heteroatoms. The number of rotatable bonds is 8. The minimum absolute atomic E-state index is 0.0345. The Bertz CT molecular complexity index is 1220. The number of nitro benzene ring substituents is 1. The SMILES string of the molecule is C=CCON(C1C=C(c2ncco2)CN(C(=O)OC(C)(C)C)C1)S(=O)(=O)c1ccccc1[N+](=O)[O-]. The summed E-state index contributed by atoms with van der Waals surface area (Å²) in [6.45, 7) is 8.31. The average molecular weight is 507 g/mol. The number of nitrogens with zero attached hydrogens (tertiary/aromatic N) is 4. The molecule has 3 rings (SSSR count). The number of aromatic nitrogens is 1. The molecular weight excluding hydrogens is 480 g/mol. The van der Waals surface area contributed by atoms with Crippen molar-refractivity contribution in [2.75, 3.05) is 19.7 Å². The zero-order valence-electron chi connectivity index (χ0n) is 19.5. The minimum Gasteiger partial charge on any atom is -0.445 e. The first-order valence-electron chi connectivity index (χ1n) is 10.5. The Balaban J connectivity index is 2.09. The van der Waals surface area contributed by atoms with E-state index in [1.54, 1.807) is 20.8 Å². The molecule has 0 saturated carbocycles. The summed E-state index contributed by atoms with van der Waals surface area (Å²) in [5.74, 6) is 0.176. The van der Waals surface area contributed by atoms with Crippen LogP contribution in [-0.2, 0) is 19.6 Å². The number of benzene rings is 1. The third-order valence-corrected chi connectivity index (χ3v) is 6.44. The third-order valence-electron chi connectivity index (χ3n) is 4.69. The second kappa shape index (κ2) is 10.4. The quantitative estimate of drug-likeness (QED) is 0.299. The molecule has 1 aliphatic heterocycles. The molecule has 0 aliphatic carbocycles. The van der Waals surface area contributed by atoms with Gasteiger partial charge in [-0.05, 0) is 26.8 Å². The van der Waals surface area contributed by atoms with Gasteiger partial charge in [-0.3, -0.25) is 15.0 Å². The summed E-state index contributed by atoms with van der Waals surface area (Å²) in [5, 5.41) is 11.5. The number of carbonyl (C=O) groups is 1. The van der Waals surface area contributed by atoms with Gasteiger partial charge in [-0.25, -0.2) is 18.2 Å². The predicted molar refractivity (Wildman–Crippen MR) is 124 cm³/mol. The van der Waals surface area contributed by atoms with Crippen LogP contribution in [0.4, 0.5) is 10.5 Å². The van der Waals surface area contributed by atoms with Crippen molar-refractivity contribution in [3.05, 3.63) is 71.5 Å². The molecule has 2 aromatic rings. The lowest BCUT2D eigenvalue weighted by atomic mass is 10.1. The monoisotopic (exact) mass is 506 g/mol. The number of para-hydroxylation sites is 1. The van der Waals surface area contributed by atoms with Crippen molar-refractivity contribution in [1.29, 1.82) is 0 Å². The standard InChI is InChI=1S/C22H26N4O8S/c1-5-11-33-26(35(30,31)19-9-7-6-8-18(19)25(28)29)17-13-16(20-23-10-12-32-20)14-24(15-17)21(27)34-22(2,3)4/h5-10,12-13,17H,1,11,14-15H2,2-4H3. The number of hydrogen-bond donors (Lipinski definition) is 0. The maximum Gasteiger partial charge on any atom is 0.410 e. The van der Waals surface area contributed by atoms with E-state index in [9.17, 15) is 23.3 Å². The maximum absolute atomic E-state index is 13.6. The van der Waals surface area contributed by atoms with E-state index in [1.165, 1.54) is 41.6 Å². The summed E-state index contributed by atoms with van der Waals surface area (Å²) in [6, 6.07) is 3.83. The van der Waals surface area contributed by atoms with Crippen LogP contribution >= 0.6 is 0 Å². The van der Waals surface area contributed by atoms with Gasteiger partial charge in [0.25, 0.3) is 15.7 Å². The number of hydrogen-bond acceptors (Lipinski definition) is 9. The van der Waals surface area contributed by atoms with E-state index < -0.39 is 43.3 Å². The van der Waals surface area contributed by atoms with Crippen LogP contribution in [0.2, 0.25) is 0 Å². The van der Waals surface area contributed by atoms with Gasteiger partial charge >= 0.3 is 6.09 Å². The smallest absolute Gasteiger partial charge is 0.410 e. The van der Waals surface area contributed by atoms with Crippen LogP contribution in [0.5, 0.6) is 0 Å². The summed E-state index contributed by atoms with van der Waals surface area (Å²) in [4.78, 5) is 34.0. The first kappa shape index (κ1) is 26.1. The molecule has 188 valence electrons. The Morgan fingerprint density at radius 3 is 2.71 bits per heavy atom. The van der Waals surface area contributed by atoms with Gasteiger partial charge < -0.3 is 14.1 Å². The molecule has 1 amide bonds. The topological polar surface area (TPSA) is 145 Å². The molecule has 0 N–H and O–H groups in total. The summed E-state index contributed by atoms with van der Waals surface area (Å²) >= 11 is 0. The minimum atomic E-state index is -4.58. The predicted octanol–water partition coefficient (Wildman–Crippen LogP) is 3.39. The van der Waals surface area contributed by atoms with Crippen molar-refractivity contribution < 1.29 is 32.1 Å². The molecule has 12 nitrogen and oxygen atoms in total. The van der Waals surface area contributed by atoms with E-state index in [1.807, 2.05) is 0 Å². The molecule has 1 aliphatic rings. The van der Waals surface area contributed by atoms with Gasteiger partial charge in [0.15, 0.2) is 4.90 Å². The van der Waals surface area contributed by atoms with Gasteiger partial charge in [0.05, 0.1) is 30.3 Å². The fourth-order valence-electron chi connectivity index (χ4n) is 3.34. The normalized spacial score (nSPS) is 16.6. The largest absolute Gasteiger partial charge is 0.445 e. The van der Waals surface area contributed by atoms with Crippen molar-refractivity contribution in [3.8, 4) is 0 Å². The molecule has 0 bridgehead atoms. The number of oxazole rings is 1. The zero-order valence-corrected chi connectivity index (χ0v) is 20.3. The Morgan fingerprint density at radius 2 is 2.11 bits per heavy atom. The summed E-state index contributed by atoms with van der Waals surface area (Å²) in [5.41, 5.74) is -1.01. The second-order valence-corrected chi connectivity index (χ2v) is 10.3. The average Bonchev–Trinajstić information content (AvgIpc) is 3.33. The second-order valence-electron chi connectivity index (χ2n) is 8.53. The molecule has 1 aromatic heterocycles. The molecule has 1 atom stereocenters. The molecule has 35 heavy (non-hydrogen) atoms. The molecule has 0 saturated heterocycles. The van der Waals surface area contributed by atoms with Gasteiger partial charge in [0, 0.05) is 18.2 Å². The van der Waals surface area contributed by atoms with Gasteiger partial charge in [-0.1, -0.05) is 28.8 Å². The number of ether oxygens (including phenoxy) is 1. The Kier molecular flexibility index (Phi) is 7.73. The van der Waals surface area contributed by atoms with E-state index in [0.717, 1.165) is 12.1 Å². The molecule has 1 unspecified atom stereocenters. The van der Waals surface area contributed by atoms with Gasteiger partial charge in [-0.2, -0.15) is 0 Å². The summed E-state index contributed by atoms with van der Waals surface area (Å²) < 4.78 is 38.7. The lowest BCUT2D eigenvalue weighted by Crippen LogP contribution is -2.51. The zero-order chi connectivity index (χ0) is 25.8. The van der Waals surface area contributed by atoms with Crippen LogP contribution < -0.4 is 0 Å². The Hall–Kier alpha value is -3.55. The lowest BCUT2D eigenvalue weighted by molar-refractivity contribution is -0.387. The van der Waals surface area contributed by atoms with Crippen molar-refractivity contribution in [2.45, 2.75) is 37.3 Å². The maximum atomic E-state index is 13.6. The Labute approximate surface area is 202 Å². The first-order chi connectivity index (χ1) is 16.4. The van der Waals surface area contributed by atoms with Crippen LogP contribution in [0.25, 0.3) is 5.57 Å². The van der Waals surface area contributed by atoms with E-state index in [0.29, 0.717) is 10.0 Å². The number of sulfonamides is 1. The molecule has 0 fully saturated rings. The number of nitro groups is 1. The summed E-state index contributed by atoms with van der Waals surface area (Å²) in [7, 11) is -4.58. The van der Waals surface area contributed by atoms with Crippen LogP contribution in [0.1, 0.15) is 26.7 Å². The third kappa shape index (κ3) is 6.12. The van der Waals surface area contributed by atoms with Crippen LogP contribution in [0.3, 0.4) is 0 Å². The number of hydroxylamine groups is 1. The van der Waals surface area contributed by atoms with Gasteiger partial charge in [-0.15, -0.1) is 6.58 Å². The first-order valence-corrected chi connectivity index (χ1v) is 12.0. The number of amides is 1.